The van der Waals surface area contributed by atoms with Crippen LogP contribution in [0.4, 0.5) is 5.69 Å². The lowest BCUT2D eigenvalue weighted by atomic mass is 10.1. The van der Waals surface area contributed by atoms with Crippen molar-refractivity contribution < 1.29 is 9.90 Å². The first-order chi connectivity index (χ1) is 9.97. The molecule has 0 heterocycles. The minimum atomic E-state index is -0.483. The van der Waals surface area contributed by atoms with Gasteiger partial charge in [-0.15, -0.1) is 0 Å². The van der Waals surface area contributed by atoms with Crippen LogP contribution in [0.1, 0.15) is 44.5 Å². The zero-order valence-electron chi connectivity index (χ0n) is 13.6. The lowest BCUT2D eigenvalue weighted by molar-refractivity contribution is 0.0900. The van der Waals surface area contributed by atoms with Gasteiger partial charge >= 0.3 is 0 Å². The highest BCUT2D eigenvalue weighted by Crippen LogP contribution is 2.15. The fourth-order valence-electron chi connectivity index (χ4n) is 2.35. The Balaban J connectivity index is 2.55. The van der Waals surface area contributed by atoms with E-state index in [1.165, 1.54) is 0 Å². The molecule has 1 aromatic carbocycles. The van der Waals surface area contributed by atoms with Gasteiger partial charge in [0.25, 0.3) is 5.91 Å². The summed E-state index contributed by atoms with van der Waals surface area (Å²) in [6, 6.07) is 7.59. The second kappa shape index (κ2) is 8.67. The molecule has 0 aromatic heterocycles. The van der Waals surface area contributed by atoms with Crippen molar-refractivity contribution in [1.29, 1.82) is 0 Å². The van der Waals surface area contributed by atoms with Crippen LogP contribution in [0.3, 0.4) is 0 Å². The third kappa shape index (κ3) is 5.76. The van der Waals surface area contributed by atoms with Crippen LogP contribution >= 0.6 is 0 Å². The molecule has 1 amide bonds. The Morgan fingerprint density at radius 2 is 1.76 bits per heavy atom. The van der Waals surface area contributed by atoms with Gasteiger partial charge in [0.2, 0.25) is 0 Å². The average Bonchev–Trinajstić information content (AvgIpc) is 2.46. The van der Waals surface area contributed by atoms with Gasteiger partial charge in [0.15, 0.2) is 0 Å². The van der Waals surface area contributed by atoms with Crippen LogP contribution in [0.5, 0.6) is 0 Å². The van der Waals surface area contributed by atoms with Crippen LogP contribution in [-0.2, 0) is 0 Å². The van der Waals surface area contributed by atoms with E-state index in [-0.39, 0.29) is 5.91 Å². The number of carbonyl (C=O) groups is 1. The van der Waals surface area contributed by atoms with E-state index in [2.05, 4.69) is 37.9 Å². The Kier molecular flexibility index (Phi) is 7.23. The van der Waals surface area contributed by atoms with Crippen molar-refractivity contribution in [2.45, 2.75) is 40.2 Å². The molecule has 1 unspecified atom stereocenters. The number of anilines is 1. The lowest BCUT2D eigenvalue weighted by Crippen LogP contribution is -2.32. The molecule has 2 N–H and O–H groups in total. The molecule has 1 atom stereocenters. The van der Waals surface area contributed by atoms with Crippen LogP contribution in [0, 0.1) is 5.92 Å². The van der Waals surface area contributed by atoms with Gasteiger partial charge in [0.05, 0.1) is 6.10 Å². The second-order valence-corrected chi connectivity index (χ2v) is 5.71. The molecule has 21 heavy (non-hydrogen) atoms. The Bertz CT molecular complexity index is 425. The minimum absolute atomic E-state index is 0.135. The fourth-order valence-corrected chi connectivity index (χ4v) is 2.35. The van der Waals surface area contributed by atoms with E-state index >= 15 is 0 Å². The van der Waals surface area contributed by atoms with Crippen molar-refractivity contribution in [2.75, 3.05) is 24.5 Å². The van der Waals surface area contributed by atoms with E-state index in [0.29, 0.717) is 24.4 Å². The average molecular weight is 292 g/mol. The maximum atomic E-state index is 12.0. The predicted octanol–water partition coefficient (Wildman–Crippen LogP) is 2.67. The Morgan fingerprint density at radius 1 is 1.19 bits per heavy atom. The number of aliphatic hydroxyl groups excluding tert-OH is 1. The molecule has 4 heteroatoms. The number of benzene rings is 1. The van der Waals surface area contributed by atoms with Crippen molar-refractivity contribution in [3.05, 3.63) is 29.8 Å². The third-order valence-electron chi connectivity index (χ3n) is 3.50. The SMILES string of the molecule is CCN(CC)c1ccc(C(=O)NCC(O)CC(C)C)cc1. The van der Waals surface area contributed by atoms with E-state index in [1.54, 1.807) is 0 Å². The van der Waals surface area contributed by atoms with Crippen molar-refractivity contribution >= 4 is 11.6 Å². The summed E-state index contributed by atoms with van der Waals surface area (Å²) in [6.07, 6.45) is 0.213. The molecule has 0 aliphatic heterocycles. The Labute approximate surface area is 128 Å². The fraction of sp³-hybridized carbons (Fsp3) is 0.588. The maximum absolute atomic E-state index is 12.0. The number of amides is 1. The summed E-state index contributed by atoms with van der Waals surface area (Å²) < 4.78 is 0. The summed E-state index contributed by atoms with van der Waals surface area (Å²) >= 11 is 0. The topological polar surface area (TPSA) is 52.6 Å². The molecule has 0 spiro atoms. The largest absolute Gasteiger partial charge is 0.391 e. The zero-order valence-corrected chi connectivity index (χ0v) is 13.6. The van der Waals surface area contributed by atoms with Crippen molar-refractivity contribution in [2.24, 2.45) is 5.92 Å². The van der Waals surface area contributed by atoms with E-state index in [1.807, 2.05) is 24.3 Å². The summed E-state index contributed by atoms with van der Waals surface area (Å²) in [4.78, 5) is 14.2. The Morgan fingerprint density at radius 3 is 2.24 bits per heavy atom. The summed E-state index contributed by atoms with van der Waals surface area (Å²) in [5, 5.41) is 12.6. The maximum Gasteiger partial charge on any atom is 0.251 e. The number of rotatable bonds is 8. The summed E-state index contributed by atoms with van der Waals surface area (Å²) in [7, 11) is 0. The summed E-state index contributed by atoms with van der Waals surface area (Å²) in [6.45, 7) is 10.5. The highest BCUT2D eigenvalue weighted by Gasteiger charge is 2.11. The van der Waals surface area contributed by atoms with Crippen LogP contribution in [0.25, 0.3) is 0 Å². The zero-order chi connectivity index (χ0) is 15.8. The van der Waals surface area contributed by atoms with Gasteiger partial charge in [-0.1, -0.05) is 13.8 Å². The molecule has 0 fully saturated rings. The molecular formula is C17H28N2O2. The molecule has 118 valence electrons. The first-order valence-electron chi connectivity index (χ1n) is 7.79. The van der Waals surface area contributed by atoms with Crippen LogP contribution in [-0.4, -0.2) is 36.8 Å². The first kappa shape index (κ1) is 17.5. The van der Waals surface area contributed by atoms with Crippen LogP contribution < -0.4 is 10.2 Å². The first-order valence-corrected chi connectivity index (χ1v) is 7.79. The van der Waals surface area contributed by atoms with Crippen molar-refractivity contribution in [3.63, 3.8) is 0 Å². The molecule has 0 saturated carbocycles. The molecular weight excluding hydrogens is 264 g/mol. The van der Waals surface area contributed by atoms with Gasteiger partial charge in [-0.2, -0.15) is 0 Å². The van der Waals surface area contributed by atoms with E-state index in [9.17, 15) is 9.90 Å². The smallest absolute Gasteiger partial charge is 0.251 e. The van der Waals surface area contributed by atoms with Gasteiger partial charge in [0.1, 0.15) is 0 Å². The van der Waals surface area contributed by atoms with Crippen LogP contribution in [0.2, 0.25) is 0 Å². The van der Waals surface area contributed by atoms with Gasteiger partial charge in [-0.25, -0.2) is 0 Å². The van der Waals surface area contributed by atoms with Crippen molar-refractivity contribution in [1.82, 2.24) is 5.32 Å². The molecule has 0 bridgehead atoms. The highest BCUT2D eigenvalue weighted by atomic mass is 16.3. The summed E-state index contributed by atoms with van der Waals surface area (Å²) in [5.74, 6) is 0.286. The number of hydrogen-bond donors (Lipinski definition) is 2. The van der Waals surface area contributed by atoms with Gasteiger partial charge in [-0.3, -0.25) is 4.79 Å². The normalized spacial score (nSPS) is 12.3. The number of nitrogens with zero attached hydrogens (tertiary/aromatic N) is 1. The van der Waals surface area contributed by atoms with Gasteiger partial charge in [-0.05, 0) is 50.5 Å². The molecule has 0 aliphatic rings. The number of carbonyl (C=O) groups excluding carboxylic acids is 1. The molecule has 4 nitrogen and oxygen atoms in total. The van der Waals surface area contributed by atoms with Gasteiger partial charge in [0, 0.05) is 30.9 Å². The Hall–Kier alpha value is -1.55. The molecule has 0 aliphatic carbocycles. The quantitative estimate of drug-likeness (QED) is 0.774. The lowest BCUT2D eigenvalue weighted by Gasteiger charge is -2.21. The number of nitrogens with one attached hydrogen (secondary N) is 1. The molecule has 0 saturated heterocycles. The third-order valence-corrected chi connectivity index (χ3v) is 3.50. The summed E-state index contributed by atoms with van der Waals surface area (Å²) in [5.41, 5.74) is 1.75. The second-order valence-electron chi connectivity index (χ2n) is 5.71. The van der Waals surface area contributed by atoms with E-state index in [0.717, 1.165) is 18.8 Å². The van der Waals surface area contributed by atoms with E-state index in [4.69, 9.17) is 0 Å². The minimum Gasteiger partial charge on any atom is -0.391 e. The van der Waals surface area contributed by atoms with Crippen molar-refractivity contribution in [3.8, 4) is 0 Å². The molecule has 0 radical (unpaired) electrons. The predicted molar refractivity (Wildman–Crippen MR) is 87.8 cm³/mol. The standard InChI is InChI=1S/C17H28N2O2/c1-5-19(6-2)15-9-7-14(8-10-15)17(21)18-12-16(20)11-13(3)4/h7-10,13,16,20H,5-6,11-12H2,1-4H3,(H,18,21). The monoisotopic (exact) mass is 292 g/mol. The molecule has 1 aromatic rings. The number of aliphatic hydroxyl groups is 1. The van der Waals surface area contributed by atoms with Crippen LogP contribution in [0.15, 0.2) is 24.3 Å². The van der Waals surface area contributed by atoms with E-state index < -0.39 is 6.10 Å². The highest BCUT2D eigenvalue weighted by molar-refractivity contribution is 5.94. The van der Waals surface area contributed by atoms with Gasteiger partial charge < -0.3 is 15.3 Å². The number of hydrogen-bond acceptors (Lipinski definition) is 3. The molecule has 1 rings (SSSR count).